The van der Waals surface area contributed by atoms with E-state index in [4.69, 9.17) is 0 Å². The smallest absolute Gasteiger partial charge is 0.320 e. The summed E-state index contributed by atoms with van der Waals surface area (Å²) in [7, 11) is 0. The molecule has 184 valence electrons. The minimum absolute atomic E-state index is 0.120. The fourth-order valence-corrected chi connectivity index (χ4v) is 4.64. The summed E-state index contributed by atoms with van der Waals surface area (Å²) in [6.45, 7) is 16.7. The summed E-state index contributed by atoms with van der Waals surface area (Å²) in [6.07, 6.45) is 2.59. The first kappa shape index (κ1) is 26.9. The Hall–Kier alpha value is -1.35. The Morgan fingerprint density at radius 2 is 1.38 bits per heavy atom. The number of aliphatic carboxylic acids is 1. The van der Waals surface area contributed by atoms with Crippen molar-refractivity contribution in [1.29, 1.82) is 0 Å². The average Bonchev–Trinajstić information content (AvgIpc) is 2.70. The van der Waals surface area contributed by atoms with Crippen LogP contribution in [0.25, 0.3) is 0 Å². The number of Topliss-reactive ketones (excluding diaryl/α,β-unsaturated/α-hetero) is 2. The maximum atomic E-state index is 12.4. The number of nitrogens with zero attached hydrogens (tertiary/aromatic N) is 4. The maximum absolute atomic E-state index is 12.4. The lowest BCUT2D eigenvalue weighted by atomic mass is 9.87. The van der Waals surface area contributed by atoms with Gasteiger partial charge in [-0.2, -0.15) is 0 Å². The van der Waals surface area contributed by atoms with Gasteiger partial charge in [-0.25, -0.2) is 0 Å². The molecule has 3 atom stereocenters. The molecule has 0 saturated carbocycles. The van der Waals surface area contributed by atoms with Gasteiger partial charge in [0, 0.05) is 57.6 Å². The van der Waals surface area contributed by atoms with Gasteiger partial charge < -0.3 is 14.9 Å². The summed E-state index contributed by atoms with van der Waals surface area (Å²) in [4.78, 5) is 45.4. The molecule has 1 N–H and O–H groups in total. The maximum Gasteiger partial charge on any atom is 0.320 e. The first-order valence-electron chi connectivity index (χ1n) is 12.2. The van der Waals surface area contributed by atoms with E-state index in [2.05, 4.69) is 19.6 Å². The fourth-order valence-electron chi connectivity index (χ4n) is 4.64. The Balaban J connectivity index is 2.04. The molecular weight excluding hydrogens is 408 g/mol. The van der Waals surface area contributed by atoms with Crippen molar-refractivity contribution in [3.05, 3.63) is 0 Å². The average molecular weight is 453 g/mol. The number of ketones is 2. The van der Waals surface area contributed by atoms with E-state index in [0.717, 1.165) is 71.7 Å². The predicted octanol–water partition coefficient (Wildman–Crippen LogP) is 1.44. The van der Waals surface area contributed by atoms with Crippen LogP contribution >= 0.6 is 0 Å². The van der Waals surface area contributed by atoms with Crippen LogP contribution in [0.2, 0.25) is 0 Å². The van der Waals surface area contributed by atoms with Gasteiger partial charge >= 0.3 is 5.97 Å². The highest BCUT2D eigenvalue weighted by atomic mass is 16.4. The Bertz CT molecular complexity index is 634. The molecule has 0 amide bonds. The summed E-state index contributed by atoms with van der Waals surface area (Å²) in [6, 6.07) is -0.616. The number of hydrogen-bond acceptors (Lipinski definition) is 7. The predicted molar refractivity (Wildman–Crippen MR) is 126 cm³/mol. The van der Waals surface area contributed by atoms with Gasteiger partial charge in [-0.1, -0.05) is 20.8 Å². The fraction of sp³-hybridized carbons (Fsp3) is 0.875. The zero-order chi connectivity index (χ0) is 23.7. The standard InChI is InChI=1S/C24H44N4O4/c1-20(29)19-27-11-5-9-26-14-13-25(15-16-27)10-6-12-28(18-17-26)21(23(31)32)7-8-22(30)24(2,3)4/h21H,5-19H2,1-4H3,(H,31,32). The molecule has 0 spiro atoms. The molecule has 2 aliphatic heterocycles. The third kappa shape index (κ3) is 9.25. The molecule has 3 unspecified atom stereocenters. The summed E-state index contributed by atoms with van der Waals surface area (Å²) >= 11 is 0. The van der Waals surface area contributed by atoms with Crippen LogP contribution in [-0.4, -0.2) is 120 Å². The van der Waals surface area contributed by atoms with Gasteiger partial charge in [0.2, 0.25) is 0 Å². The molecule has 0 aliphatic carbocycles. The van der Waals surface area contributed by atoms with Gasteiger partial charge in [-0.05, 0) is 45.8 Å². The van der Waals surface area contributed by atoms with Crippen LogP contribution < -0.4 is 0 Å². The largest absolute Gasteiger partial charge is 0.480 e. The lowest BCUT2D eigenvalue weighted by Gasteiger charge is -2.37. The number of carbonyl (C=O) groups excluding carboxylic acids is 2. The Kier molecular flexibility index (Phi) is 10.7. The van der Waals surface area contributed by atoms with Crippen LogP contribution in [0, 0.1) is 5.41 Å². The minimum Gasteiger partial charge on any atom is -0.480 e. The number of fused-ring (bicyclic) bond motifs is 3. The Morgan fingerprint density at radius 1 is 0.812 bits per heavy atom. The van der Waals surface area contributed by atoms with Crippen LogP contribution in [0.1, 0.15) is 53.4 Å². The minimum atomic E-state index is -0.826. The van der Waals surface area contributed by atoms with E-state index in [1.807, 2.05) is 20.8 Å². The molecule has 2 bridgehead atoms. The molecule has 2 fully saturated rings. The second-order valence-corrected chi connectivity index (χ2v) is 10.5. The van der Waals surface area contributed by atoms with Crippen LogP contribution in [0.4, 0.5) is 0 Å². The number of hydrogen-bond donors (Lipinski definition) is 1. The SMILES string of the molecule is CC(=O)CN1CCCN2CCN(CCCN(C(CCC(=O)C(C)(C)C)C(=O)O)CC2)CC1. The van der Waals surface area contributed by atoms with E-state index >= 15 is 0 Å². The van der Waals surface area contributed by atoms with Gasteiger partial charge in [0.25, 0.3) is 0 Å². The van der Waals surface area contributed by atoms with E-state index in [-0.39, 0.29) is 11.6 Å². The van der Waals surface area contributed by atoms with Crippen LogP contribution in [0.3, 0.4) is 0 Å². The topological polar surface area (TPSA) is 84.4 Å². The van der Waals surface area contributed by atoms with E-state index in [0.29, 0.717) is 25.9 Å². The van der Waals surface area contributed by atoms with Crippen LogP contribution in [0.15, 0.2) is 0 Å². The molecule has 2 rings (SSSR count). The van der Waals surface area contributed by atoms with Crippen molar-refractivity contribution in [3.8, 4) is 0 Å². The van der Waals surface area contributed by atoms with Gasteiger partial charge in [0.05, 0.1) is 6.54 Å². The van der Waals surface area contributed by atoms with Crippen LogP contribution in [-0.2, 0) is 14.4 Å². The summed E-state index contributed by atoms with van der Waals surface area (Å²) in [5.41, 5.74) is -0.434. The molecule has 0 aromatic rings. The highest BCUT2D eigenvalue weighted by molar-refractivity contribution is 5.84. The molecule has 0 aromatic heterocycles. The normalized spacial score (nSPS) is 25.8. The molecule has 2 aliphatic rings. The molecule has 8 nitrogen and oxygen atoms in total. The summed E-state index contributed by atoms with van der Waals surface area (Å²) in [5, 5.41) is 9.93. The summed E-state index contributed by atoms with van der Waals surface area (Å²) in [5.74, 6) is -0.491. The van der Waals surface area contributed by atoms with E-state index in [9.17, 15) is 19.5 Å². The number of rotatable bonds is 7. The highest BCUT2D eigenvalue weighted by Gasteiger charge is 2.29. The lowest BCUT2D eigenvalue weighted by molar-refractivity contribution is -0.144. The number of carbonyl (C=O) groups is 3. The van der Waals surface area contributed by atoms with E-state index in [1.165, 1.54) is 0 Å². The third-order valence-electron chi connectivity index (χ3n) is 6.69. The van der Waals surface area contributed by atoms with Gasteiger partial charge in [-0.15, -0.1) is 0 Å². The second kappa shape index (κ2) is 12.8. The quantitative estimate of drug-likeness (QED) is 0.621. The van der Waals surface area contributed by atoms with Crippen molar-refractivity contribution in [3.63, 3.8) is 0 Å². The van der Waals surface area contributed by atoms with Gasteiger partial charge in [0.15, 0.2) is 0 Å². The monoisotopic (exact) mass is 452 g/mol. The van der Waals surface area contributed by atoms with Crippen molar-refractivity contribution < 1.29 is 19.5 Å². The molecule has 0 radical (unpaired) electrons. The van der Waals surface area contributed by atoms with Crippen molar-refractivity contribution in [2.45, 2.75) is 59.4 Å². The Labute approximate surface area is 193 Å². The molecule has 2 saturated heterocycles. The third-order valence-corrected chi connectivity index (χ3v) is 6.69. The molecule has 2 heterocycles. The molecular formula is C24H44N4O4. The zero-order valence-electron chi connectivity index (χ0n) is 20.6. The number of carboxylic acids is 1. The van der Waals surface area contributed by atoms with E-state index < -0.39 is 17.4 Å². The molecule has 8 heteroatoms. The first-order valence-corrected chi connectivity index (χ1v) is 12.2. The Morgan fingerprint density at radius 3 is 1.94 bits per heavy atom. The number of carboxylic acid groups (broad SMARTS) is 1. The molecule has 0 aromatic carbocycles. The molecule has 32 heavy (non-hydrogen) atoms. The lowest BCUT2D eigenvalue weighted by Crippen LogP contribution is -2.50. The highest BCUT2D eigenvalue weighted by Crippen LogP contribution is 2.20. The van der Waals surface area contributed by atoms with E-state index in [1.54, 1.807) is 6.92 Å². The van der Waals surface area contributed by atoms with Crippen molar-refractivity contribution in [1.82, 2.24) is 19.6 Å². The first-order chi connectivity index (χ1) is 15.1. The van der Waals surface area contributed by atoms with Crippen molar-refractivity contribution in [2.75, 3.05) is 72.0 Å². The van der Waals surface area contributed by atoms with Gasteiger partial charge in [0.1, 0.15) is 17.6 Å². The van der Waals surface area contributed by atoms with Crippen LogP contribution in [0.5, 0.6) is 0 Å². The summed E-state index contributed by atoms with van der Waals surface area (Å²) < 4.78 is 0. The van der Waals surface area contributed by atoms with Crippen molar-refractivity contribution in [2.24, 2.45) is 5.41 Å². The zero-order valence-corrected chi connectivity index (χ0v) is 20.6. The van der Waals surface area contributed by atoms with Crippen molar-refractivity contribution >= 4 is 17.5 Å². The second-order valence-electron chi connectivity index (χ2n) is 10.5. The van der Waals surface area contributed by atoms with Gasteiger partial charge in [-0.3, -0.25) is 24.2 Å².